The Balaban J connectivity index is 5.28. The summed E-state index contributed by atoms with van der Waals surface area (Å²) in [4.78, 5) is 72.7. The van der Waals surface area contributed by atoms with Gasteiger partial charge in [0.15, 0.2) is 12.2 Å². The molecule has 0 rings (SSSR count). The second kappa shape index (κ2) is 66.1. The topological polar surface area (TPSA) is 237 Å². The monoisotopic (exact) mass is 1390 g/mol. The Morgan fingerprint density at radius 2 is 0.621 bits per heavy atom. The van der Waals surface area contributed by atoms with Gasteiger partial charge in [0, 0.05) is 25.7 Å². The number of aliphatic hydroxyl groups excluding tert-OH is 1. The number of rotatable bonds is 72. The van der Waals surface area contributed by atoms with Gasteiger partial charge in [0.2, 0.25) is 0 Å². The van der Waals surface area contributed by atoms with Crippen molar-refractivity contribution in [2.24, 2.45) is 17.8 Å². The predicted octanol–water partition coefficient (Wildman–Crippen LogP) is 21.7. The van der Waals surface area contributed by atoms with E-state index in [0.29, 0.717) is 31.6 Å². The number of unbranched alkanes of at least 4 members (excludes halogenated alkanes) is 36. The third-order valence-electron chi connectivity index (χ3n) is 17.4. The van der Waals surface area contributed by atoms with Crippen LogP contribution in [0.5, 0.6) is 0 Å². The Morgan fingerprint density at radius 1 is 0.347 bits per heavy atom. The molecule has 6 atom stereocenters. The summed E-state index contributed by atoms with van der Waals surface area (Å²) in [5.41, 5.74) is 0. The van der Waals surface area contributed by atoms with E-state index in [1.54, 1.807) is 0 Å². The van der Waals surface area contributed by atoms with Crippen LogP contribution in [0.1, 0.15) is 363 Å². The third kappa shape index (κ3) is 68.5. The Hall–Kier alpha value is -2.46. The molecule has 0 aliphatic carbocycles. The molecule has 560 valence electrons. The van der Waals surface area contributed by atoms with E-state index in [4.69, 9.17) is 37.0 Å². The minimum atomic E-state index is -4.97. The summed E-state index contributed by atoms with van der Waals surface area (Å²) in [6.45, 7) is 11.8. The average Bonchev–Trinajstić information content (AvgIpc) is 1.40. The van der Waals surface area contributed by atoms with Crippen LogP contribution < -0.4 is 0 Å². The first kappa shape index (κ1) is 92.5. The molecule has 0 aromatic heterocycles. The lowest BCUT2D eigenvalue weighted by Gasteiger charge is -2.21. The van der Waals surface area contributed by atoms with Crippen LogP contribution in [0, 0.1) is 17.8 Å². The van der Waals surface area contributed by atoms with E-state index in [0.717, 1.165) is 127 Å². The fourth-order valence-corrected chi connectivity index (χ4v) is 12.6. The first-order valence-electron chi connectivity index (χ1n) is 38.7. The average molecular weight is 1390 g/mol. The van der Waals surface area contributed by atoms with Crippen molar-refractivity contribution in [3.63, 3.8) is 0 Å². The van der Waals surface area contributed by atoms with Crippen LogP contribution in [0.25, 0.3) is 0 Å². The summed E-state index contributed by atoms with van der Waals surface area (Å²) in [5, 5.41) is 10.6. The largest absolute Gasteiger partial charge is 0.472 e. The van der Waals surface area contributed by atoms with Gasteiger partial charge in [-0.05, 0) is 69.1 Å². The second-order valence-corrected chi connectivity index (χ2v) is 30.8. The van der Waals surface area contributed by atoms with Crippen LogP contribution in [0.15, 0.2) is 24.3 Å². The quantitative estimate of drug-likeness (QED) is 0.0169. The van der Waals surface area contributed by atoms with Gasteiger partial charge in [0.1, 0.15) is 19.3 Å². The van der Waals surface area contributed by atoms with E-state index in [-0.39, 0.29) is 25.7 Å². The lowest BCUT2D eigenvalue weighted by molar-refractivity contribution is -0.161. The van der Waals surface area contributed by atoms with Crippen molar-refractivity contribution in [1.29, 1.82) is 0 Å². The van der Waals surface area contributed by atoms with Gasteiger partial charge < -0.3 is 33.8 Å². The molecule has 0 fully saturated rings. The van der Waals surface area contributed by atoms with E-state index in [2.05, 4.69) is 72.8 Å². The van der Waals surface area contributed by atoms with Crippen molar-refractivity contribution in [2.45, 2.75) is 381 Å². The highest BCUT2D eigenvalue weighted by Gasteiger charge is 2.30. The Morgan fingerprint density at radius 3 is 0.937 bits per heavy atom. The molecule has 19 heteroatoms. The maximum Gasteiger partial charge on any atom is 0.472 e. The zero-order valence-electron chi connectivity index (χ0n) is 61.6. The van der Waals surface area contributed by atoms with Crippen LogP contribution in [-0.2, 0) is 65.4 Å². The van der Waals surface area contributed by atoms with Crippen LogP contribution >= 0.6 is 15.6 Å². The van der Waals surface area contributed by atoms with E-state index >= 15 is 0 Å². The molecule has 0 amide bonds. The number of esters is 4. The van der Waals surface area contributed by atoms with E-state index in [1.165, 1.54) is 148 Å². The van der Waals surface area contributed by atoms with Crippen molar-refractivity contribution in [1.82, 2.24) is 0 Å². The van der Waals surface area contributed by atoms with E-state index < -0.39 is 97.5 Å². The Kier molecular flexibility index (Phi) is 64.4. The molecule has 0 spiro atoms. The molecular formula is C76H144O17P2. The molecule has 17 nitrogen and oxygen atoms in total. The predicted molar refractivity (Wildman–Crippen MR) is 386 cm³/mol. The molecule has 0 saturated heterocycles. The maximum absolute atomic E-state index is 13.1. The molecule has 95 heavy (non-hydrogen) atoms. The molecule has 0 bridgehead atoms. The lowest BCUT2D eigenvalue weighted by atomic mass is 9.99. The fourth-order valence-electron chi connectivity index (χ4n) is 11.0. The molecule has 0 heterocycles. The van der Waals surface area contributed by atoms with Crippen molar-refractivity contribution >= 4 is 39.5 Å². The Bertz CT molecular complexity index is 1950. The van der Waals surface area contributed by atoms with Gasteiger partial charge in [0.25, 0.3) is 0 Å². The van der Waals surface area contributed by atoms with E-state index in [9.17, 15) is 43.2 Å². The zero-order valence-corrected chi connectivity index (χ0v) is 63.4. The summed E-state index contributed by atoms with van der Waals surface area (Å²) in [5.74, 6) is 0.121. The first-order valence-corrected chi connectivity index (χ1v) is 41.7. The standard InChI is InChI=1S/C76H144O17P2/c1-8-10-11-12-13-14-15-16-17-21-24-30-35-43-50-57-73(78)86-63-71(92-75(80)59-52-45-36-31-25-22-19-18-20-23-29-34-42-49-56-69(7)9-2)65-90-94(82,83)88-61-70(77)62-89-95(84,85)91-66-72(64-87-74(79)58-51-44-39-38-41-48-55-68(5)6)93-76(81)60-53-46-37-32-27-26-28-33-40-47-54-67(3)4/h14-17,67-72,77H,8-13,18-66H2,1-7H3,(H,82,83)(H,84,85)/b15-14-,17-16-/t69?,70-,71-,72-/m1/s1. The summed E-state index contributed by atoms with van der Waals surface area (Å²) >= 11 is 0. The van der Waals surface area contributed by atoms with Gasteiger partial charge in [-0.2, -0.15) is 0 Å². The van der Waals surface area contributed by atoms with Crippen LogP contribution in [-0.4, -0.2) is 96.7 Å². The number of hydrogen-bond donors (Lipinski definition) is 3. The molecule has 0 radical (unpaired) electrons. The highest BCUT2D eigenvalue weighted by Crippen LogP contribution is 2.45. The number of aliphatic hydroxyl groups is 1. The molecule has 0 aliphatic rings. The number of phosphoric acid groups is 2. The molecular weight excluding hydrogens is 1250 g/mol. The highest BCUT2D eigenvalue weighted by molar-refractivity contribution is 7.47. The van der Waals surface area contributed by atoms with Crippen molar-refractivity contribution in [3.8, 4) is 0 Å². The van der Waals surface area contributed by atoms with Crippen molar-refractivity contribution in [2.75, 3.05) is 39.6 Å². The summed E-state index contributed by atoms with van der Waals surface area (Å²) in [7, 11) is -9.92. The molecule has 0 aliphatic heterocycles. The van der Waals surface area contributed by atoms with Gasteiger partial charge in [0.05, 0.1) is 26.4 Å². The second-order valence-electron chi connectivity index (χ2n) is 27.9. The number of allylic oxidation sites excluding steroid dienone is 4. The smallest absolute Gasteiger partial charge is 0.462 e. The minimum Gasteiger partial charge on any atom is -0.462 e. The van der Waals surface area contributed by atoms with Crippen molar-refractivity contribution < 1.29 is 80.2 Å². The lowest BCUT2D eigenvalue weighted by Crippen LogP contribution is -2.30. The molecule has 3 unspecified atom stereocenters. The van der Waals surface area contributed by atoms with E-state index in [1.807, 2.05) is 0 Å². The van der Waals surface area contributed by atoms with Crippen LogP contribution in [0.2, 0.25) is 0 Å². The van der Waals surface area contributed by atoms with Gasteiger partial charge in [-0.25, -0.2) is 9.13 Å². The minimum absolute atomic E-state index is 0.100. The zero-order chi connectivity index (χ0) is 70.1. The fraction of sp³-hybridized carbons (Fsp3) is 0.895. The summed E-state index contributed by atoms with van der Waals surface area (Å²) in [6.07, 6.45) is 55.0. The molecule has 0 aromatic rings. The van der Waals surface area contributed by atoms with Crippen LogP contribution in [0.4, 0.5) is 0 Å². The molecule has 0 saturated carbocycles. The number of ether oxygens (including phenoxy) is 4. The Labute approximate surface area is 580 Å². The molecule has 0 aromatic carbocycles. The maximum atomic E-state index is 13.1. The van der Waals surface area contributed by atoms with Gasteiger partial charge in [-0.3, -0.25) is 37.3 Å². The summed E-state index contributed by atoms with van der Waals surface area (Å²) < 4.78 is 68.4. The normalized spacial score (nSPS) is 14.5. The number of hydrogen-bond acceptors (Lipinski definition) is 15. The van der Waals surface area contributed by atoms with Crippen LogP contribution in [0.3, 0.4) is 0 Å². The third-order valence-corrected chi connectivity index (χ3v) is 19.3. The molecule has 3 N–H and O–H groups in total. The SMILES string of the molecule is CCCCCC/C=C\C=C/CCCCCCCC(=O)OC[C@H](COP(=O)(O)OC[C@@H](O)COP(=O)(O)OC[C@@H](COC(=O)CCCCCCCCC(C)C)OC(=O)CCCCCCCCCCCCC(C)C)OC(=O)CCCCCCCCCCCCCCCCC(C)CC. The van der Waals surface area contributed by atoms with Gasteiger partial charge in [-0.15, -0.1) is 0 Å². The first-order chi connectivity index (χ1) is 45.8. The van der Waals surface area contributed by atoms with Crippen molar-refractivity contribution in [3.05, 3.63) is 24.3 Å². The van der Waals surface area contributed by atoms with Gasteiger partial charge in [-0.1, -0.05) is 310 Å². The van der Waals surface area contributed by atoms with Gasteiger partial charge >= 0.3 is 39.5 Å². The number of carbonyl (C=O) groups excluding carboxylic acids is 4. The highest BCUT2D eigenvalue weighted by atomic mass is 31.2. The number of carbonyl (C=O) groups is 4. The number of phosphoric ester groups is 2. The summed E-state index contributed by atoms with van der Waals surface area (Å²) in [6, 6.07) is 0.